The first-order valence-electron chi connectivity index (χ1n) is 0.933. The molecular formula is C2H3ORf-. The SMILES string of the molecule is [CH-]1CO1.[Rf]. The van der Waals surface area contributed by atoms with Crippen molar-refractivity contribution < 1.29 is 4.74 Å². The van der Waals surface area contributed by atoms with Crippen LogP contribution >= 0.6 is 0 Å². The van der Waals surface area contributed by atoms with E-state index in [1.807, 2.05) is 0 Å². The second kappa shape index (κ2) is 0.470. The molecule has 20 valence electrons. The van der Waals surface area contributed by atoms with Crippen LogP contribution in [-0.2, 0) is 4.74 Å². The summed E-state index contributed by atoms with van der Waals surface area (Å²) in [6.45, 7) is 2.62. The molecule has 1 aliphatic heterocycles. The molecule has 0 atom stereocenters. The summed E-state index contributed by atoms with van der Waals surface area (Å²) in [6, 6.07) is 0. The maximum absolute atomic E-state index is 4.38. The summed E-state index contributed by atoms with van der Waals surface area (Å²) < 4.78 is 4.38. The summed E-state index contributed by atoms with van der Waals surface area (Å²) in [7, 11) is 0. The van der Waals surface area contributed by atoms with Crippen LogP contribution < -0.4 is 0 Å². The van der Waals surface area contributed by atoms with Gasteiger partial charge in [-0.1, -0.05) is 6.61 Å². The van der Waals surface area contributed by atoms with Gasteiger partial charge in [0.05, 0.1) is 0 Å². The van der Waals surface area contributed by atoms with Gasteiger partial charge in [-0.3, -0.25) is 0 Å². The zero-order valence-corrected chi connectivity index (χ0v) is 8.80. The van der Waals surface area contributed by atoms with Gasteiger partial charge in [0.1, 0.15) is 0 Å². The van der Waals surface area contributed by atoms with Gasteiger partial charge in [0.2, 0.25) is 0 Å². The molecule has 1 saturated heterocycles. The van der Waals surface area contributed by atoms with E-state index in [0.29, 0.717) is 0 Å². The van der Waals surface area contributed by atoms with Gasteiger partial charge in [0.25, 0.3) is 0 Å². The van der Waals surface area contributed by atoms with Crippen LogP contribution in [0.2, 0.25) is 0 Å². The Hall–Kier alpha value is -1.04. The first-order chi connectivity index (χ1) is 1.50. The minimum absolute atomic E-state index is 0. The van der Waals surface area contributed by atoms with Crippen molar-refractivity contribution >= 4 is 0 Å². The molecule has 0 N–H and O–H groups in total. The quantitative estimate of drug-likeness (QED) is 0.459. The van der Waals surface area contributed by atoms with Crippen molar-refractivity contribution in [2.45, 2.75) is 0 Å². The van der Waals surface area contributed by atoms with Crippen molar-refractivity contribution in [2.24, 2.45) is 0 Å². The van der Waals surface area contributed by atoms with E-state index in [2.05, 4.69) is 4.74 Å². The monoisotopic (exact) mass is 310 g/mol. The molecule has 1 nitrogen and oxygen atoms in total. The fraction of sp³-hybridized carbons (Fsp3) is 0.500. The molecule has 0 aliphatic carbocycles. The van der Waals surface area contributed by atoms with Crippen LogP contribution in [0.4, 0.5) is 0 Å². The molecule has 0 aromatic rings. The van der Waals surface area contributed by atoms with Crippen molar-refractivity contribution in [3.63, 3.8) is 0 Å². The molecule has 0 unspecified atom stereocenters. The predicted molar refractivity (Wildman–Crippen MR) is 10.3 cm³/mol. The van der Waals surface area contributed by atoms with E-state index < -0.39 is 0 Å². The van der Waals surface area contributed by atoms with Crippen LogP contribution in [0.1, 0.15) is 0 Å². The topological polar surface area (TPSA) is 12.5 Å². The molecule has 4 heavy (non-hydrogen) atoms. The van der Waals surface area contributed by atoms with Crippen molar-refractivity contribution in [3.05, 3.63) is 6.61 Å². The van der Waals surface area contributed by atoms with E-state index in [-0.39, 0.29) is 0 Å². The fourth-order valence-corrected chi connectivity index (χ4v) is 0. The largest absolute Gasteiger partial charge is 0.574 e. The maximum Gasteiger partial charge on any atom is 0 e. The van der Waals surface area contributed by atoms with E-state index in [9.17, 15) is 0 Å². The minimum atomic E-state index is 0. The summed E-state index contributed by atoms with van der Waals surface area (Å²) in [6.07, 6.45) is 0. The van der Waals surface area contributed by atoms with Crippen LogP contribution in [0.25, 0.3) is 0 Å². The van der Waals surface area contributed by atoms with Gasteiger partial charge in [-0.25, -0.2) is 0 Å². The molecule has 1 fully saturated rings. The molecule has 0 aromatic carbocycles. The molecule has 1 aliphatic rings. The summed E-state index contributed by atoms with van der Waals surface area (Å²) >= 11 is 0. The first-order valence-corrected chi connectivity index (χ1v) is 0.933. The summed E-state index contributed by atoms with van der Waals surface area (Å²) in [4.78, 5) is 0. The van der Waals surface area contributed by atoms with E-state index in [1.165, 1.54) is 0 Å². The number of hydrogen-bond donors (Lipinski definition) is 0. The van der Waals surface area contributed by atoms with Crippen LogP contribution in [0.5, 0.6) is 0 Å². The van der Waals surface area contributed by atoms with E-state index in [4.69, 9.17) is 0 Å². The Morgan fingerprint density at radius 1 is 1.75 bits per heavy atom. The molecule has 0 spiro atoms. The zero-order valence-electron chi connectivity index (χ0n) is 2.40. The summed E-state index contributed by atoms with van der Waals surface area (Å²) in [5, 5.41) is 0. The van der Waals surface area contributed by atoms with Crippen molar-refractivity contribution in [3.8, 4) is 0 Å². The number of rotatable bonds is 0. The number of ether oxygens (including phenoxy) is 1. The van der Waals surface area contributed by atoms with E-state index in [0.717, 1.165) is 6.61 Å². The molecule has 0 aromatic heterocycles. The normalized spacial score (nSPS) is 18.0. The molecule has 1 heterocycles. The second-order valence-corrected chi connectivity index (χ2v) is 0.500. The Morgan fingerprint density at radius 3 is 2.00 bits per heavy atom. The average Bonchev–Trinajstić information content (AvgIpc) is 1.46. The minimum Gasteiger partial charge on any atom is -0.574 e. The first kappa shape index (κ1) is 2.96. The van der Waals surface area contributed by atoms with Crippen molar-refractivity contribution in [1.82, 2.24) is 0 Å². The Labute approximate surface area is 19.2 Å². The molecule has 1 rings (SSSR count). The van der Waals surface area contributed by atoms with Crippen LogP contribution in [-0.4, -0.2) is 6.61 Å². The maximum atomic E-state index is 4.38. The van der Waals surface area contributed by atoms with Crippen LogP contribution in [0.3, 0.4) is 0 Å². The van der Waals surface area contributed by atoms with E-state index >= 15 is 0 Å². The Morgan fingerprint density at radius 2 is 2.00 bits per heavy atom. The standard InChI is InChI=1S/C2H3O.Rf/c1-2-3-1;/h1H,2H2;/q-1;. The zero-order chi connectivity index (χ0) is 2.12. The smallest absolute Gasteiger partial charge is 0 e. The Kier molecular flexibility index (Phi) is 0.348. The van der Waals surface area contributed by atoms with Gasteiger partial charge in [0.15, 0.2) is 0 Å². The van der Waals surface area contributed by atoms with Gasteiger partial charge >= 0.3 is 0 Å². The third-order valence-electron chi connectivity index (χ3n) is 0.167. The van der Waals surface area contributed by atoms with Gasteiger partial charge in [0, 0.05) is 0 Å². The van der Waals surface area contributed by atoms with Gasteiger partial charge in [-0.05, 0) is 0 Å². The molecular weight excluding hydrogens is 307 g/mol. The summed E-state index contributed by atoms with van der Waals surface area (Å²) in [5.74, 6) is 0. The van der Waals surface area contributed by atoms with Crippen LogP contribution in [0.15, 0.2) is 0 Å². The molecule has 0 amide bonds. The predicted octanol–water partition coefficient (Wildman–Crippen LogP) is 0.178. The van der Waals surface area contributed by atoms with Crippen molar-refractivity contribution in [2.75, 3.05) is 6.61 Å². The third-order valence-corrected chi connectivity index (χ3v) is 0.167. The molecule has 0 radical (unpaired) electrons. The molecule has 0 bridgehead atoms. The van der Waals surface area contributed by atoms with Gasteiger partial charge < -0.3 is 4.74 Å². The van der Waals surface area contributed by atoms with Crippen molar-refractivity contribution in [1.29, 1.82) is 0 Å². The average molecular weight is 310 g/mol. The van der Waals surface area contributed by atoms with Gasteiger partial charge in [-0.15, -0.1) is 0 Å². The fourth-order valence-electron chi connectivity index (χ4n) is 0. The van der Waals surface area contributed by atoms with Crippen LogP contribution in [0, 0.1) is 6.61 Å². The third kappa shape index (κ3) is 0.960. The number of hydrogen-bond acceptors (Lipinski definition) is 1. The molecule has 0 saturated carbocycles. The van der Waals surface area contributed by atoms with Gasteiger partial charge in [-0.2, -0.15) is 6.61 Å². The second-order valence-electron chi connectivity index (χ2n) is 0.500. The molecule has 2 heteroatoms. The Bertz CT molecular complexity index is 10.8. The number of epoxide rings is 1. The van der Waals surface area contributed by atoms with E-state index in [1.54, 1.807) is 6.61 Å². The summed E-state index contributed by atoms with van der Waals surface area (Å²) in [5.41, 5.74) is 0. The Balaban J connectivity index is 0.0000000900.